The van der Waals surface area contributed by atoms with E-state index in [1.54, 1.807) is 6.92 Å². The third-order valence-corrected chi connectivity index (χ3v) is 4.15. The first-order valence-electron chi connectivity index (χ1n) is 6.30. The van der Waals surface area contributed by atoms with Gasteiger partial charge in [-0.3, -0.25) is 4.79 Å². The van der Waals surface area contributed by atoms with Gasteiger partial charge in [-0.1, -0.05) is 22.9 Å². The van der Waals surface area contributed by atoms with Crippen LogP contribution in [0.15, 0.2) is 22.7 Å². The average molecular weight is 312 g/mol. The molecule has 1 heterocycles. The summed E-state index contributed by atoms with van der Waals surface area (Å²) in [5, 5.41) is 9.05. The zero-order valence-electron chi connectivity index (χ0n) is 10.7. The molecular weight excluding hydrogens is 294 g/mol. The Hall–Kier alpha value is -1.03. The number of rotatable bonds is 4. The van der Waals surface area contributed by atoms with Crippen LogP contribution in [0.3, 0.4) is 0 Å². The summed E-state index contributed by atoms with van der Waals surface area (Å²) >= 11 is 3.49. The predicted molar refractivity (Wildman–Crippen MR) is 76.2 cm³/mol. The van der Waals surface area contributed by atoms with Gasteiger partial charge in [0.2, 0.25) is 0 Å². The van der Waals surface area contributed by atoms with Crippen LogP contribution in [0.1, 0.15) is 31.7 Å². The van der Waals surface area contributed by atoms with E-state index in [0.29, 0.717) is 12.3 Å². The topological polar surface area (TPSA) is 40.5 Å². The molecule has 0 aromatic heterocycles. The van der Waals surface area contributed by atoms with Gasteiger partial charge in [-0.05, 0) is 37.1 Å². The quantitative estimate of drug-likeness (QED) is 0.925. The number of carboxylic acids is 1. The van der Waals surface area contributed by atoms with Crippen molar-refractivity contribution in [3.05, 3.63) is 28.2 Å². The summed E-state index contributed by atoms with van der Waals surface area (Å²) in [6.07, 6.45) is 0.704. The van der Waals surface area contributed by atoms with Crippen LogP contribution in [0.5, 0.6) is 0 Å². The molecule has 0 radical (unpaired) electrons. The normalized spacial score (nSPS) is 19.7. The first-order valence-corrected chi connectivity index (χ1v) is 7.09. The molecule has 1 aromatic carbocycles. The van der Waals surface area contributed by atoms with E-state index in [-0.39, 0.29) is 5.92 Å². The number of benzene rings is 1. The van der Waals surface area contributed by atoms with Crippen molar-refractivity contribution in [1.29, 1.82) is 0 Å². The number of hydrogen-bond acceptors (Lipinski definition) is 2. The van der Waals surface area contributed by atoms with Crippen molar-refractivity contribution >= 4 is 27.6 Å². The molecule has 0 aliphatic carbocycles. The van der Waals surface area contributed by atoms with E-state index in [1.807, 2.05) is 6.07 Å². The van der Waals surface area contributed by atoms with E-state index >= 15 is 0 Å². The maximum absolute atomic E-state index is 11.0. The summed E-state index contributed by atoms with van der Waals surface area (Å²) < 4.78 is 1.06. The maximum atomic E-state index is 11.0. The second kappa shape index (κ2) is 5.31. The first-order chi connectivity index (χ1) is 8.52. The predicted octanol–water partition coefficient (Wildman–Crippen LogP) is 3.48. The van der Waals surface area contributed by atoms with Crippen LogP contribution in [0.4, 0.5) is 5.69 Å². The van der Waals surface area contributed by atoms with E-state index in [1.165, 1.54) is 11.3 Å². The second-order valence-corrected chi connectivity index (χ2v) is 5.83. The van der Waals surface area contributed by atoms with E-state index in [9.17, 15) is 4.79 Å². The van der Waals surface area contributed by atoms with Crippen LogP contribution in [0.2, 0.25) is 0 Å². The molecule has 2 rings (SSSR count). The maximum Gasteiger partial charge on any atom is 0.306 e. The Morgan fingerprint density at radius 2 is 2.33 bits per heavy atom. The molecule has 0 fully saturated rings. The lowest BCUT2D eigenvalue weighted by atomic mass is 9.91. The first kappa shape index (κ1) is 13.4. The fourth-order valence-electron chi connectivity index (χ4n) is 2.63. The second-order valence-electron chi connectivity index (χ2n) is 4.91. The van der Waals surface area contributed by atoms with Crippen molar-refractivity contribution in [3.63, 3.8) is 0 Å². The molecule has 1 aliphatic rings. The highest BCUT2D eigenvalue weighted by Gasteiger charge is 2.30. The van der Waals surface area contributed by atoms with Crippen LogP contribution in [0.25, 0.3) is 0 Å². The van der Waals surface area contributed by atoms with Gasteiger partial charge in [0.1, 0.15) is 0 Å². The summed E-state index contributed by atoms with van der Waals surface area (Å²) in [7, 11) is 0. The largest absolute Gasteiger partial charge is 0.481 e. The van der Waals surface area contributed by atoms with Crippen molar-refractivity contribution in [2.24, 2.45) is 5.92 Å². The molecule has 2 unspecified atom stereocenters. The Kier molecular flexibility index (Phi) is 3.95. The van der Waals surface area contributed by atoms with Crippen molar-refractivity contribution in [2.45, 2.75) is 26.2 Å². The molecule has 1 N–H and O–H groups in total. The minimum Gasteiger partial charge on any atom is -0.481 e. The van der Waals surface area contributed by atoms with Gasteiger partial charge >= 0.3 is 5.97 Å². The lowest BCUT2D eigenvalue weighted by molar-refractivity contribution is -0.141. The van der Waals surface area contributed by atoms with Crippen LogP contribution < -0.4 is 4.90 Å². The van der Waals surface area contributed by atoms with Crippen LogP contribution in [-0.4, -0.2) is 24.2 Å². The number of nitrogens with zero attached hydrogens (tertiary/aromatic N) is 1. The Morgan fingerprint density at radius 3 is 2.94 bits per heavy atom. The Morgan fingerprint density at radius 1 is 1.61 bits per heavy atom. The number of likely N-dealkylation sites (N-methyl/N-ethyl adjacent to an activating group) is 1. The third kappa shape index (κ3) is 2.53. The SMILES string of the molecule is CCN1CC(CC(C)C(=O)O)c2cc(Br)ccc21. The summed E-state index contributed by atoms with van der Waals surface area (Å²) in [4.78, 5) is 13.3. The molecular formula is C14H18BrNO2. The fraction of sp³-hybridized carbons (Fsp3) is 0.500. The fourth-order valence-corrected chi connectivity index (χ4v) is 3.01. The van der Waals surface area contributed by atoms with Gasteiger partial charge in [-0.25, -0.2) is 0 Å². The van der Waals surface area contributed by atoms with Gasteiger partial charge in [-0.15, -0.1) is 0 Å². The molecule has 2 atom stereocenters. The zero-order chi connectivity index (χ0) is 13.3. The lowest BCUT2D eigenvalue weighted by Gasteiger charge is -2.17. The van der Waals surface area contributed by atoms with Crippen molar-refractivity contribution < 1.29 is 9.90 Å². The van der Waals surface area contributed by atoms with Crippen molar-refractivity contribution in [2.75, 3.05) is 18.0 Å². The highest BCUT2D eigenvalue weighted by Crippen LogP contribution is 2.40. The summed E-state index contributed by atoms with van der Waals surface area (Å²) in [5.41, 5.74) is 2.53. The standard InChI is InChI=1S/C14H18BrNO2/c1-3-16-8-10(6-9(2)14(17)18)12-7-11(15)4-5-13(12)16/h4-5,7,9-10H,3,6,8H2,1-2H3,(H,17,18). The van der Waals surface area contributed by atoms with Gasteiger partial charge in [-0.2, -0.15) is 0 Å². The Bertz CT molecular complexity index is 461. The highest BCUT2D eigenvalue weighted by molar-refractivity contribution is 9.10. The Balaban J connectivity index is 2.25. The van der Waals surface area contributed by atoms with Crippen molar-refractivity contribution in [1.82, 2.24) is 0 Å². The molecule has 0 amide bonds. The summed E-state index contributed by atoms with van der Waals surface area (Å²) in [6.45, 7) is 5.82. The van der Waals surface area contributed by atoms with Gasteiger partial charge in [0.05, 0.1) is 5.92 Å². The molecule has 1 aromatic rings. The van der Waals surface area contributed by atoms with E-state index < -0.39 is 5.97 Å². The number of aliphatic carboxylic acids is 1. The number of halogens is 1. The minimum atomic E-state index is -0.707. The number of hydrogen-bond donors (Lipinski definition) is 1. The Labute approximate surface area is 116 Å². The smallest absolute Gasteiger partial charge is 0.306 e. The number of anilines is 1. The summed E-state index contributed by atoms with van der Waals surface area (Å²) in [5.74, 6) is -0.677. The van der Waals surface area contributed by atoms with Crippen LogP contribution in [-0.2, 0) is 4.79 Å². The summed E-state index contributed by atoms with van der Waals surface area (Å²) in [6, 6.07) is 6.29. The van der Waals surface area contributed by atoms with Crippen molar-refractivity contribution in [3.8, 4) is 0 Å². The molecule has 18 heavy (non-hydrogen) atoms. The molecule has 1 aliphatic heterocycles. The van der Waals surface area contributed by atoms with Gasteiger partial charge in [0.25, 0.3) is 0 Å². The minimum absolute atomic E-state index is 0.293. The zero-order valence-corrected chi connectivity index (χ0v) is 12.3. The van der Waals surface area contributed by atoms with Gasteiger partial charge in [0.15, 0.2) is 0 Å². The van der Waals surface area contributed by atoms with Crippen LogP contribution in [0, 0.1) is 5.92 Å². The molecule has 0 spiro atoms. The van der Waals surface area contributed by atoms with E-state index in [4.69, 9.17) is 5.11 Å². The molecule has 0 saturated heterocycles. The number of carboxylic acid groups (broad SMARTS) is 1. The average Bonchev–Trinajstić information content (AvgIpc) is 2.66. The molecule has 98 valence electrons. The van der Waals surface area contributed by atoms with E-state index in [2.05, 4.69) is 39.9 Å². The van der Waals surface area contributed by atoms with E-state index in [0.717, 1.165) is 17.6 Å². The molecule has 4 heteroatoms. The molecule has 3 nitrogen and oxygen atoms in total. The lowest BCUT2D eigenvalue weighted by Crippen LogP contribution is -2.22. The number of carbonyl (C=O) groups is 1. The molecule has 0 bridgehead atoms. The van der Waals surface area contributed by atoms with Gasteiger partial charge < -0.3 is 10.0 Å². The van der Waals surface area contributed by atoms with Gasteiger partial charge in [0, 0.05) is 29.2 Å². The number of fused-ring (bicyclic) bond motifs is 1. The molecule has 0 saturated carbocycles. The monoisotopic (exact) mass is 311 g/mol. The van der Waals surface area contributed by atoms with Crippen LogP contribution >= 0.6 is 15.9 Å². The third-order valence-electron chi connectivity index (χ3n) is 3.65. The highest BCUT2D eigenvalue weighted by atomic mass is 79.9.